The second-order valence-electron chi connectivity index (χ2n) is 3.85. The van der Waals surface area contributed by atoms with Gasteiger partial charge in [0.05, 0.1) is 4.90 Å². The summed E-state index contributed by atoms with van der Waals surface area (Å²) in [5.74, 6) is -1.63. The van der Waals surface area contributed by atoms with E-state index in [0.29, 0.717) is 0 Å². The zero-order valence-electron chi connectivity index (χ0n) is 9.89. The Balaban J connectivity index is 2.62. The van der Waals surface area contributed by atoms with Crippen molar-refractivity contribution >= 4 is 19.7 Å². The van der Waals surface area contributed by atoms with E-state index < -0.39 is 27.1 Å². The number of aromatic nitrogens is 3. The van der Waals surface area contributed by atoms with Gasteiger partial charge in [-0.1, -0.05) is 0 Å². The zero-order valence-corrected chi connectivity index (χ0v) is 11.5. The van der Waals surface area contributed by atoms with Crippen molar-refractivity contribution in [3.63, 3.8) is 0 Å². The lowest BCUT2D eigenvalue weighted by molar-refractivity contribution is 0.140. The highest BCUT2D eigenvalue weighted by atomic mass is 35.7. The summed E-state index contributed by atoms with van der Waals surface area (Å²) in [4.78, 5) is 2.97. The minimum atomic E-state index is -4.09. The largest absolute Gasteiger partial charge is 0.299 e. The van der Waals surface area contributed by atoms with Crippen LogP contribution in [0.1, 0.15) is 17.8 Å². The molecule has 1 aromatic carbocycles. The van der Waals surface area contributed by atoms with Crippen LogP contribution in [0.3, 0.4) is 0 Å². The molecule has 0 spiro atoms. The van der Waals surface area contributed by atoms with Crippen molar-refractivity contribution in [1.82, 2.24) is 14.8 Å². The highest BCUT2D eigenvalue weighted by Crippen LogP contribution is 2.25. The number of benzene rings is 1. The van der Waals surface area contributed by atoms with Gasteiger partial charge < -0.3 is 0 Å². The first-order valence-corrected chi connectivity index (χ1v) is 7.46. The van der Waals surface area contributed by atoms with Gasteiger partial charge in [-0.3, -0.25) is 0 Å². The average molecular weight is 326 g/mol. The molecule has 0 amide bonds. The van der Waals surface area contributed by atoms with E-state index in [2.05, 4.69) is 10.1 Å². The lowest BCUT2D eigenvalue weighted by atomic mass is 10.2. The van der Waals surface area contributed by atoms with E-state index in [4.69, 9.17) is 10.7 Å². The second-order valence-corrected chi connectivity index (χ2v) is 6.39. The van der Waals surface area contributed by atoms with E-state index >= 15 is 0 Å². The van der Waals surface area contributed by atoms with Crippen LogP contribution in [0.15, 0.2) is 23.4 Å². The summed E-state index contributed by atoms with van der Waals surface area (Å²) in [5.41, 5.74) is -0.246. The molecule has 5 nitrogen and oxygen atoms in total. The van der Waals surface area contributed by atoms with Crippen LogP contribution in [-0.2, 0) is 9.05 Å². The Labute approximate surface area is 116 Å². The van der Waals surface area contributed by atoms with E-state index in [1.54, 1.807) is 0 Å². The SMILES string of the molecule is Cc1cc(F)c(-n2cnc(C(F)F)n2)cc1S(=O)(=O)Cl. The summed E-state index contributed by atoms with van der Waals surface area (Å²) >= 11 is 0. The van der Waals surface area contributed by atoms with Crippen molar-refractivity contribution < 1.29 is 21.6 Å². The fourth-order valence-corrected chi connectivity index (χ4v) is 2.77. The normalized spacial score (nSPS) is 12.1. The summed E-state index contributed by atoms with van der Waals surface area (Å²) in [7, 11) is 1.12. The maximum atomic E-state index is 13.8. The van der Waals surface area contributed by atoms with E-state index in [1.165, 1.54) is 6.92 Å². The molecule has 0 aliphatic rings. The van der Waals surface area contributed by atoms with Gasteiger partial charge in [0.25, 0.3) is 15.5 Å². The van der Waals surface area contributed by atoms with E-state index in [-0.39, 0.29) is 16.1 Å². The predicted octanol–water partition coefficient (Wildman–Crippen LogP) is 2.58. The lowest BCUT2D eigenvalue weighted by Crippen LogP contribution is -2.04. The minimum absolute atomic E-state index is 0.0930. The van der Waals surface area contributed by atoms with Crippen molar-refractivity contribution in [3.05, 3.63) is 35.7 Å². The van der Waals surface area contributed by atoms with Gasteiger partial charge in [0.15, 0.2) is 0 Å². The van der Waals surface area contributed by atoms with Crippen LogP contribution < -0.4 is 0 Å². The van der Waals surface area contributed by atoms with Crippen LogP contribution in [0.4, 0.5) is 13.2 Å². The van der Waals surface area contributed by atoms with Crippen LogP contribution in [-0.4, -0.2) is 23.2 Å². The van der Waals surface area contributed by atoms with Crippen molar-refractivity contribution in [3.8, 4) is 5.69 Å². The molecule has 1 heterocycles. The zero-order chi connectivity index (χ0) is 15.1. The smallest absolute Gasteiger partial charge is 0.218 e. The first-order valence-electron chi connectivity index (χ1n) is 5.15. The number of hydrogen-bond donors (Lipinski definition) is 0. The molecular weight excluding hydrogens is 319 g/mol. The monoisotopic (exact) mass is 325 g/mol. The minimum Gasteiger partial charge on any atom is -0.218 e. The van der Waals surface area contributed by atoms with Crippen LogP contribution in [0, 0.1) is 12.7 Å². The maximum absolute atomic E-state index is 13.8. The van der Waals surface area contributed by atoms with Crippen LogP contribution in [0.25, 0.3) is 5.69 Å². The Hall–Kier alpha value is -1.61. The fourth-order valence-electron chi connectivity index (χ4n) is 1.57. The Morgan fingerprint density at radius 2 is 2.00 bits per heavy atom. The Bertz CT molecular complexity index is 761. The van der Waals surface area contributed by atoms with Gasteiger partial charge in [0.2, 0.25) is 5.82 Å². The van der Waals surface area contributed by atoms with Crippen LogP contribution >= 0.6 is 10.7 Å². The van der Waals surface area contributed by atoms with Crippen molar-refractivity contribution in [1.29, 1.82) is 0 Å². The summed E-state index contributed by atoms with van der Waals surface area (Å²) in [6.45, 7) is 1.36. The molecule has 0 bridgehead atoms. The highest BCUT2D eigenvalue weighted by Gasteiger charge is 2.20. The Morgan fingerprint density at radius 1 is 1.35 bits per heavy atom. The van der Waals surface area contributed by atoms with E-state index in [1.807, 2.05) is 0 Å². The fraction of sp³-hybridized carbons (Fsp3) is 0.200. The van der Waals surface area contributed by atoms with Crippen LogP contribution in [0.2, 0.25) is 0 Å². The van der Waals surface area contributed by atoms with Gasteiger partial charge in [-0.15, -0.1) is 5.10 Å². The third-order valence-corrected chi connectivity index (χ3v) is 3.92. The molecule has 0 atom stereocenters. The second kappa shape index (κ2) is 5.06. The summed E-state index contributed by atoms with van der Waals surface area (Å²) in [6.07, 6.45) is -2.05. The average Bonchev–Trinajstić information content (AvgIpc) is 2.76. The van der Waals surface area contributed by atoms with Gasteiger partial charge in [0, 0.05) is 10.7 Å². The Morgan fingerprint density at radius 3 is 2.50 bits per heavy atom. The standard InChI is InChI=1S/C10H7ClF3N3O2S/c1-5-2-6(12)7(3-8(5)20(11,18)19)17-4-15-10(16-17)9(13)14/h2-4,9H,1H3. The first-order chi connectivity index (χ1) is 9.20. The highest BCUT2D eigenvalue weighted by molar-refractivity contribution is 8.13. The third-order valence-electron chi connectivity index (χ3n) is 2.46. The summed E-state index contributed by atoms with van der Waals surface area (Å²) in [5, 5.41) is 3.37. The molecule has 0 saturated heterocycles. The molecule has 2 aromatic rings. The molecule has 1 aromatic heterocycles. The number of rotatable bonds is 3. The molecule has 0 N–H and O–H groups in total. The van der Waals surface area contributed by atoms with E-state index in [0.717, 1.165) is 23.1 Å². The predicted molar refractivity (Wildman–Crippen MR) is 64.0 cm³/mol. The molecule has 0 fully saturated rings. The quantitative estimate of drug-likeness (QED) is 0.814. The number of hydrogen-bond acceptors (Lipinski definition) is 4. The lowest BCUT2D eigenvalue weighted by Gasteiger charge is -2.07. The molecular formula is C10H7ClF3N3O2S. The molecule has 0 unspecified atom stereocenters. The molecule has 0 radical (unpaired) electrons. The number of halogens is 4. The number of nitrogens with zero attached hydrogens (tertiary/aromatic N) is 3. The van der Waals surface area contributed by atoms with Gasteiger partial charge in [-0.2, -0.15) is 0 Å². The van der Waals surface area contributed by atoms with Crippen molar-refractivity contribution in [2.24, 2.45) is 0 Å². The van der Waals surface area contributed by atoms with Crippen molar-refractivity contribution in [2.75, 3.05) is 0 Å². The number of aryl methyl sites for hydroxylation is 1. The van der Waals surface area contributed by atoms with Crippen LogP contribution in [0.5, 0.6) is 0 Å². The Kier molecular flexibility index (Phi) is 3.74. The van der Waals surface area contributed by atoms with Gasteiger partial charge in [-0.05, 0) is 24.6 Å². The summed E-state index contributed by atoms with van der Waals surface area (Å²) < 4.78 is 62.0. The first kappa shape index (κ1) is 14.8. The van der Waals surface area contributed by atoms with E-state index in [9.17, 15) is 21.6 Å². The summed E-state index contributed by atoms with van der Waals surface area (Å²) in [6, 6.07) is 1.84. The molecule has 108 valence electrons. The van der Waals surface area contributed by atoms with Gasteiger partial charge >= 0.3 is 0 Å². The van der Waals surface area contributed by atoms with Crippen molar-refractivity contribution in [2.45, 2.75) is 18.2 Å². The number of alkyl halides is 2. The molecule has 0 aliphatic heterocycles. The van der Waals surface area contributed by atoms with Gasteiger partial charge in [0.1, 0.15) is 17.8 Å². The molecule has 0 saturated carbocycles. The molecule has 10 heteroatoms. The topological polar surface area (TPSA) is 64.8 Å². The molecule has 2 rings (SSSR count). The van der Waals surface area contributed by atoms with Gasteiger partial charge in [-0.25, -0.2) is 31.3 Å². The molecule has 0 aliphatic carbocycles. The third kappa shape index (κ3) is 2.78. The maximum Gasteiger partial charge on any atom is 0.299 e. The molecule has 20 heavy (non-hydrogen) atoms.